The van der Waals surface area contributed by atoms with Gasteiger partial charge in [-0.3, -0.25) is 0 Å². The van der Waals surface area contributed by atoms with Crippen molar-refractivity contribution in [3.63, 3.8) is 0 Å². The third-order valence-corrected chi connectivity index (χ3v) is 5.61. The molecule has 1 aliphatic rings. The lowest BCUT2D eigenvalue weighted by atomic mass is 10.1. The summed E-state index contributed by atoms with van der Waals surface area (Å²) in [5.41, 5.74) is 0.126. The molecule has 0 amide bonds. The van der Waals surface area contributed by atoms with Crippen LogP contribution in [0, 0.1) is 11.3 Å². The molecule has 7 heteroatoms. The van der Waals surface area contributed by atoms with Gasteiger partial charge in [-0.1, -0.05) is 11.6 Å². The predicted molar refractivity (Wildman–Crippen MR) is 77.0 cm³/mol. The Labute approximate surface area is 124 Å². The van der Waals surface area contributed by atoms with E-state index in [4.69, 9.17) is 16.9 Å². The fourth-order valence-corrected chi connectivity index (χ4v) is 4.27. The van der Waals surface area contributed by atoms with Gasteiger partial charge in [0, 0.05) is 24.2 Å². The second-order valence-electron chi connectivity index (χ2n) is 4.74. The van der Waals surface area contributed by atoms with E-state index in [1.807, 2.05) is 13.1 Å². The van der Waals surface area contributed by atoms with Gasteiger partial charge in [0.15, 0.2) is 0 Å². The fraction of sp³-hybridized carbons (Fsp3) is 0.462. The molecule has 1 heterocycles. The fourth-order valence-electron chi connectivity index (χ4n) is 2.34. The minimum atomic E-state index is -3.68. The minimum absolute atomic E-state index is 0.00995. The second-order valence-corrected chi connectivity index (χ2v) is 7.09. The van der Waals surface area contributed by atoms with Crippen LogP contribution in [0.25, 0.3) is 0 Å². The molecule has 0 aromatic heterocycles. The number of nitrogens with one attached hydrogen (secondary N) is 1. The maximum Gasteiger partial charge on any atom is 0.244 e. The van der Waals surface area contributed by atoms with Crippen LogP contribution in [-0.4, -0.2) is 38.9 Å². The number of sulfonamides is 1. The first kappa shape index (κ1) is 15.3. The first-order chi connectivity index (χ1) is 9.48. The number of rotatable bonds is 3. The number of nitrogens with zero attached hydrogens (tertiary/aromatic N) is 2. The molecular weight excluding hydrogens is 298 g/mol. The van der Waals surface area contributed by atoms with Gasteiger partial charge in [-0.15, -0.1) is 0 Å². The lowest BCUT2D eigenvalue weighted by molar-refractivity contribution is 0.293. The summed E-state index contributed by atoms with van der Waals surface area (Å²) >= 11 is 5.87. The number of benzene rings is 1. The Morgan fingerprint density at radius 3 is 2.90 bits per heavy atom. The molecule has 1 saturated heterocycles. The number of nitriles is 1. The van der Waals surface area contributed by atoms with Crippen molar-refractivity contribution < 1.29 is 8.42 Å². The van der Waals surface area contributed by atoms with Crippen LogP contribution < -0.4 is 5.32 Å². The summed E-state index contributed by atoms with van der Waals surface area (Å²) in [5.74, 6) is 0. The molecule has 5 nitrogen and oxygen atoms in total. The molecule has 1 fully saturated rings. The van der Waals surface area contributed by atoms with E-state index in [1.54, 1.807) is 0 Å². The van der Waals surface area contributed by atoms with E-state index in [0.29, 0.717) is 18.1 Å². The molecular formula is C13H16ClN3O2S. The second kappa shape index (κ2) is 6.10. The summed E-state index contributed by atoms with van der Waals surface area (Å²) in [6.45, 7) is 0.883. The van der Waals surface area contributed by atoms with Crippen LogP contribution in [0.15, 0.2) is 23.1 Å². The van der Waals surface area contributed by atoms with Gasteiger partial charge in [0.25, 0.3) is 0 Å². The van der Waals surface area contributed by atoms with Gasteiger partial charge in [-0.25, -0.2) is 8.42 Å². The normalized spacial score (nSPS) is 20.6. The monoisotopic (exact) mass is 313 g/mol. The molecule has 108 valence electrons. The third kappa shape index (κ3) is 2.96. The zero-order chi connectivity index (χ0) is 14.8. The van der Waals surface area contributed by atoms with E-state index in [9.17, 15) is 8.42 Å². The van der Waals surface area contributed by atoms with Crippen molar-refractivity contribution in [1.29, 1.82) is 5.26 Å². The Kier molecular flexibility index (Phi) is 4.66. The molecule has 2 rings (SSSR count). The first-order valence-corrected chi connectivity index (χ1v) is 8.18. The molecule has 1 aromatic carbocycles. The lowest BCUT2D eigenvalue weighted by Gasteiger charge is -2.31. The summed E-state index contributed by atoms with van der Waals surface area (Å²) in [6, 6.07) is 6.36. The maximum atomic E-state index is 12.7. The van der Waals surface area contributed by atoms with E-state index < -0.39 is 10.0 Å². The van der Waals surface area contributed by atoms with Crippen molar-refractivity contribution in [3.05, 3.63) is 28.8 Å². The van der Waals surface area contributed by atoms with Crippen LogP contribution in [0.5, 0.6) is 0 Å². The Hall–Kier alpha value is -1.13. The van der Waals surface area contributed by atoms with Crippen LogP contribution in [0.4, 0.5) is 0 Å². The summed E-state index contributed by atoms with van der Waals surface area (Å²) in [4.78, 5) is -0.00995. The van der Waals surface area contributed by atoms with Gasteiger partial charge in [-0.05, 0) is 38.1 Å². The molecule has 20 heavy (non-hydrogen) atoms. The van der Waals surface area contributed by atoms with Crippen molar-refractivity contribution in [1.82, 2.24) is 9.62 Å². The predicted octanol–water partition coefficient (Wildman–Crippen LogP) is 1.58. The average molecular weight is 314 g/mol. The number of hydrogen-bond acceptors (Lipinski definition) is 4. The Morgan fingerprint density at radius 2 is 2.25 bits per heavy atom. The molecule has 0 spiro atoms. The van der Waals surface area contributed by atoms with Crippen molar-refractivity contribution >= 4 is 21.6 Å². The summed E-state index contributed by atoms with van der Waals surface area (Å²) < 4.78 is 26.8. The van der Waals surface area contributed by atoms with E-state index in [-0.39, 0.29) is 16.5 Å². The van der Waals surface area contributed by atoms with Gasteiger partial charge in [0.05, 0.1) is 5.56 Å². The lowest BCUT2D eigenvalue weighted by Crippen LogP contribution is -2.46. The Balaban J connectivity index is 2.40. The number of hydrogen-bond donors (Lipinski definition) is 1. The largest absolute Gasteiger partial charge is 0.316 e. The molecule has 0 radical (unpaired) electrons. The van der Waals surface area contributed by atoms with Crippen molar-refractivity contribution in [2.24, 2.45) is 0 Å². The van der Waals surface area contributed by atoms with Gasteiger partial charge in [-0.2, -0.15) is 9.57 Å². The van der Waals surface area contributed by atoms with Crippen LogP contribution >= 0.6 is 11.6 Å². The third-order valence-electron chi connectivity index (χ3n) is 3.47. The van der Waals surface area contributed by atoms with Crippen LogP contribution in [0.2, 0.25) is 5.02 Å². The minimum Gasteiger partial charge on any atom is -0.316 e. The van der Waals surface area contributed by atoms with Crippen molar-refractivity contribution in [3.8, 4) is 6.07 Å². The Bertz CT molecular complexity index is 640. The maximum absolute atomic E-state index is 12.7. The molecule has 0 saturated carbocycles. The highest BCUT2D eigenvalue weighted by Gasteiger charge is 2.31. The molecule has 0 bridgehead atoms. The van der Waals surface area contributed by atoms with Crippen molar-refractivity contribution in [2.75, 3.05) is 20.1 Å². The quantitative estimate of drug-likeness (QED) is 0.919. The molecule has 1 N–H and O–H groups in total. The van der Waals surface area contributed by atoms with E-state index in [1.165, 1.54) is 22.5 Å². The van der Waals surface area contributed by atoms with Crippen LogP contribution in [-0.2, 0) is 10.0 Å². The summed E-state index contributed by atoms with van der Waals surface area (Å²) in [7, 11) is -1.86. The smallest absolute Gasteiger partial charge is 0.244 e. The van der Waals surface area contributed by atoms with Gasteiger partial charge in [0.2, 0.25) is 10.0 Å². The highest BCUT2D eigenvalue weighted by Crippen LogP contribution is 2.26. The molecule has 1 unspecified atom stereocenters. The average Bonchev–Trinajstić information content (AvgIpc) is 2.47. The van der Waals surface area contributed by atoms with Gasteiger partial charge in [0.1, 0.15) is 11.0 Å². The van der Waals surface area contributed by atoms with Crippen LogP contribution in [0.3, 0.4) is 0 Å². The molecule has 1 atom stereocenters. The zero-order valence-electron chi connectivity index (χ0n) is 11.1. The Morgan fingerprint density at radius 1 is 1.50 bits per heavy atom. The zero-order valence-corrected chi connectivity index (χ0v) is 12.7. The number of halogens is 1. The highest BCUT2D eigenvalue weighted by molar-refractivity contribution is 7.89. The molecule has 1 aromatic rings. The van der Waals surface area contributed by atoms with E-state index in [2.05, 4.69) is 5.32 Å². The molecule has 1 aliphatic heterocycles. The van der Waals surface area contributed by atoms with Crippen LogP contribution in [0.1, 0.15) is 18.4 Å². The van der Waals surface area contributed by atoms with E-state index in [0.717, 1.165) is 12.8 Å². The standard InChI is InChI=1S/C13H16ClN3O2S/c1-16-12-3-2-6-17(9-12)20(18,19)13-7-11(14)5-4-10(13)8-15/h4-5,7,12,16H,2-3,6,9H2,1H3. The van der Waals surface area contributed by atoms with Gasteiger partial charge >= 0.3 is 0 Å². The van der Waals surface area contributed by atoms with E-state index >= 15 is 0 Å². The first-order valence-electron chi connectivity index (χ1n) is 6.36. The molecule has 0 aliphatic carbocycles. The van der Waals surface area contributed by atoms with Crippen molar-refractivity contribution in [2.45, 2.75) is 23.8 Å². The number of piperidine rings is 1. The summed E-state index contributed by atoms with van der Waals surface area (Å²) in [5, 5.41) is 12.5. The topological polar surface area (TPSA) is 73.2 Å². The SMILES string of the molecule is CNC1CCCN(S(=O)(=O)c2cc(Cl)ccc2C#N)C1. The highest BCUT2D eigenvalue weighted by atomic mass is 35.5. The van der Waals surface area contributed by atoms with Gasteiger partial charge < -0.3 is 5.32 Å². The summed E-state index contributed by atoms with van der Waals surface area (Å²) in [6.07, 6.45) is 1.75. The number of likely N-dealkylation sites (N-methyl/N-ethyl adjacent to an activating group) is 1.